The van der Waals surface area contributed by atoms with Gasteiger partial charge >= 0.3 is 5.97 Å². The molecular weight excluding hydrogens is 252 g/mol. The maximum atomic E-state index is 11.6. The van der Waals surface area contributed by atoms with Crippen LogP contribution in [0.2, 0.25) is 0 Å². The quantitative estimate of drug-likeness (QED) is 0.921. The molecule has 4 saturated carbocycles. The summed E-state index contributed by atoms with van der Waals surface area (Å²) in [7, 11) is 0. The average molecular weight is 274 g/mol. The molecule has 4 bridgehead atoms. The molecule has 0 amide bonds. The molecule has 1 aromatic rings. The summed E-state index contributed by atoms with van der Waals surface area (Å²) in [5, 5.41) is 14.2. The van der Waals surface area contributed by atoms with Crippen molar-refractivity contribution in [2.24, 2.45) is 17.8 Å². The van der Waals surface area contributed by atoms with E-state index in [0.29, 0.717) is 5.56 Å². The van der Waals surface area contributed by atoms with Crippen molar-refractivity contribution in [3.05, 3.63) is 17.5 Å². The van der Waals surface area contributed by atoms with Crippen LogP contribution >= 0.6 is 0 Å². The Labute approximate surface area is 119 Å². The second-order valence-corrected chi connectivity index (χ2v) is 7.25. The van der Waals surface area contributed by atoms with Crippen LogP contribution in [0.4, 0.5) is 0 Å². The fourth-order valence-corrected chi connectivity index (χ4v) is 5.53. The van der Waals surface area contributed by atoms with Crippen LogP contribution in [-0.4, -0.2) is 20.9 Å². The number of carboxylic acid groups (broad SMARTS) is 1. The smallest absolute Gasteiger partial charge is 0.339 e. The number of aryl methyl sites for hydroxylation is 1. The topological polar surface area (TPSA) is 55.1 Å². The molecule has 4 aliphatic rings. The first-order chi connectivity index (χ1) is 9.59. The van der Waals surface area contributed by atoms with E-state index in [-0.39, 0.29) is 5.41 Å². The van der Waals surface area contributed by atoms with Crippen LogP contribution < -0.4 is 0 Å². The van der Waals surface area contributed by atoms with Gasteiger partial charge in [0.2, 0.25) is 0 Å². The number of carbonyl (C=O) groups is 1. The average Bonchev–Trinajstić information content (AvgIpc) is 2.82. The molecule has 1 aromatic heterocycles. The van der Waals surface area contributed by atoms with Gasteiger partial charge in [0.25, 0.3) is 0 Å². The summed E-state index contributed by atoms with van der Waals surface area (Å²) in [4.78, 5) is 11.6. The first kappa shape index (κ1) is 12.4. The fraction of sp³-hybridized carbons (Fsp3) is 0.750. The van der Waals surface area contributed by atoms with Crippen molar-refractivity contribution < 1.29 is 9.90 Å². The van der Waals surface area contributed by atoms with Crippen molar-refractivity contribution in [3.63, 3.8) is 0 Å². The highest BCUT2D eigenvalue weighted by atomic mass is 16.4. The van der Waals surface area contributed by atoms with E-state index in [1.807, 2.05) is 6.92 Å². The van der Waals surface area contributed by atoms with Crippen molar-refractivity contribution in [3.8, 4) is 0 Å². The molecule has 0 saturated heterocycles. The van der Waals surface area contributed by atoms with E-state index in [1.54, 1.807) is 10.9 Å². The van der Waals surface area contributed by atoms with Crippen LogP contribution in [0, 0.1) is 17.8 Å². The standard InChI is InChI=1S/C16H22N2O2/c1-2-18-9-13(15(19)20)14(17-18)16-6-10-3-11(7-16)5-12(4-10)8-16/h9-12H,2-8H2,1H3,(H,19,20). The Morgan fingerprint density at radius 1 is 1.30 bits per heavy atom. The summed E-state index contributed by atoms with van der Waals surface area (Å²) in [5.41, 5.74) is 1.42. The summed E-state index contributed by atoms with van der Waals surface area (Å²) in [6.07, 6.45) is 9.35. The van der Waals surface area contributed by atoms with Crippen molar-refractivity contribution in [2.45, 2.75) is 57.4 Å². The first-order valence-electron chi connectivity index (χ1n) is 7.91. The molecule has 4 fully saturated rings. The van der Waals surface area contributed by atoms with E-state index in [4.69, 9.17) is 0 Å². The van der Waals surface area contributed by atoms with Crippen LogP contribution in [0.5, 0.6) is 0 Å². The van der Waals surface area contributed by atoms with E-state index in [1.165, 1.54) is 38.5 Å². The van der Waals surface area contributed by atoms with Gasteiger partial charge in [0, 0.05) is 18.2 Å². The molecule has 5 rings (SSSR count). The lowest BCUT2D eigenvalue weighted by Gasteiger charge is -2.56. The molecule has 20 heavy (non-hydrogen) atoms. The summed E-state index contributed by atoms with van der Waals surface area (Å²) in [5.74, 6) is 1.63. The van der Waals surface area contributed by atoms with Crippen molar-refractivity contribution in [1.82, 2.24) is 9.78 Å². The number of hydrogen-bond acceptors (Lipinski definition) is 2. The van der Waals surface area contributed by atoms with E-state index in [2.05, 4.69) is 5.10 Å². The van der Waals surface area contributed by atoms with Crippen LogP contribution in [0.1, 0.15) is 61.5 Å². The minimum absolute atomic E-state index is 0.0723. The molecule has 0 aliphatic heterocycles. The molecule has 4 nitrogen and oxygen atoms in total. The molecule has 0 unspecified atom stereocenters. The van der Waals surface area contributed by atoms with Gasteiger partial charge in [0.05, 0.1) is 5.69 Å². The predicted octanol–water partition coefficient (Wildman–Crippen LogP) is 3.07. The van der Waals surface area contributed by atoms with Gasteiger partial charge in [-0.1, -0.05) is 0 Å². The molecule has 108 valence electrons. The fourth-order valence-electron chi connectivity index (χ4n) is 5.53. The normalized spacial score (nSPS) is 38.4. The van der Waals surface area contributed by atoms with E-state index in [0.717, 1.165) is 30.0 Å². The minimum Gasteiger partial charge on any atom is -0.478 e. The van der Waals surface area contributed by atoms with Gasteiger partial charge in [-0.15, -0.1) is 0 Å². The Bertz CT molecular complexity index is 526. The molecule has 4 aliphatic carbocycles. The lowest BCUT2D eigenvalue weighted by Crippen LogP contribution is -2.49. The third kappa shape index (κ3) is 1.66. The third-order valence-corrected chi connectivity index (χ3v) is 5.86. The van der Waals surface area contributed by atoms with Gasteiger partial charge in [-0.25, -0.2) is 4.79 Å². The largest absolute Gasteiger partial charge is 0.478 e. The van der Waals surface area contributed by atoms with Gasteiger partial charge in [-0.3, -0.25) is 4.68 Å². The lowest BCUT2D eigenvalue weighted by molar-refractivity contribution is -0.00807. The molecule has 0 aromatic carbocycles. The summed E-state index contributed by atoms with van der Waals surface area (Å²) in [6.45, 7) is 2.76. The van der Waals surface area contributed by atoms with Gasteiger partial charge in [-0.05, 0) is 63.2 Å². The maximum Gasteiger partial charge on any atom is 0.339 e. The number of aromatic nitrogens is 2. The number of carboxylic acids is 1. The highest BCUT2D eigenvalue weighted by Gasteiger charge is 2.53. The summed E-state index contributed by atoms with van der Waals surface area (Å²) >= 11 is 0. The van der Waals surface area contributed by atoms with E-state index in [9.17, 15) is 9.90 Å². The van der Waals surface area contributed by atoms with Gasteiger partial charge < -0.3 is 5.11 Å². The number of nitrogens with zero attached hydrogens (tertiary/aromatic N) is 2. The molecule has 0 atom stereocenters. The Hall–Kier alpha value is -1.32. The summed E-state index contributed by atoms with van der Waals surface area (Å²) in [6, 6.07) is 0. The highest BCUT2D eigenvalue weighted by molar-refractivity contribution is 5.89. The van der Waals surface area contributed by atoms with Crippen LogP contribution in [-0.2, 0) is 12.0 Å². The van der Waals surface area contributed by atoms with Crippen LogP contribution in [0.25, 0.3) is 0 Å². The van der Waals surface area contributed by atoms with Crippen molar-refractivity contribution in [2.75, 3.05) is 0 Å². The zero-order chi connectivity index (χ0) is 13.9. The van der Waals surface area contributed by atoms with Crippen LogP contribution in [0.15, 0.2) is 6.20 Å². The predicted molar refractivity (Wildman–Crippen MR) is 74.7 cm³/mol. The monoisotopic (exact) mass is 274 g/mol. The number of aromatic carboxylic acids is 1. The second kappa shape index (κ2) is 4.09. The second-order valence-electron chi connectivity index (χ2n) is 7.25. The molecule has 0 radical (unpaired) electrons. The summed E-state index contributed by atoms with van der Waals surface area (Å²) < 4.78 is 1.80. The van der Waals surface area contributed by atoms with Crippen molar-refractivity contribution in [1.29, 1.82) is 0 Å². The Morgan fingerprint density at radius 3 is 2.30 bits per heavy atom. The molecule has 4 heteroatoms. The Kier molecular flexibility index (Phi) is 2.54. The highest BCUT2D eigenvalue weighted by Crippen LogP contribution is 2.60. The van der Waals surface area contributed by atoms with E-state index < -0.39 is 5.97 Å². The van der Waals surface area contributed by atoms with Gasteiger partial charge in [0.1, 0.15) is 5.56 Å². The zero-order valence-corrected chi connectivity index (χ0v) is 12.0. The van der Waals surface area contributed by atoms with E-state index >= 15 is 0 Å². The maximum absolute atomic E-state index is 11.6. The number of hydrogen-bond donors (Lipinski definition) is 1. The Balaban J connectivity index is 1.80. The Morgan fingerprint density at radius 2 is 1.85 bits per heavy atom. The molecule has 0 spiro atoms. The van der Waals surface area contributed by atoms with Crippen LogP contribution in [0.3, 0.4) is 0 Å². The zero-order valence-electron chi connectivity index (χ0n) is 12.0. The SMILES string of the molecule is CCn1cc(C(=O)O)c(C23CC4CC(CC(C4)C2)C3)n1. The molecular formula is C16H22N2O2. The first-order valence-corrected chi connectivity index (χ1v) is 7.91. The van der Waals surface area contributed by atoms with Crippen molar-refractivity contribution >= 4 is 5.97 Å². The lowest BCUT2D eigenvalue weighted by atomic mass is 9.48. The van der Waals surface area contributed by atoms with Gasteiger partial charge in [0.15, 0.2) is 0 Å². The number of rotatable bonds is 3. The molecule has 1 N–H and O–H groups in total. The minimum atomic E-state index is -0.810. The molecule has 1 heterocycles. The van der Waals surface area contributed by atoms with Gasteiger partial charge in [-0.2, -0.15) is 5.10 Å². The third-order valence-electron chi connectivity index (χ3n) is 5.86.